The van der Waals surface area contributed by atoms with E-state index in [4.69, 9.17) is 28.9 Å². The van der Waals surface area contributed by atoms with Crippen molar-refractivity contribution in [1.82, 2.24) is 0 Å². The van der Waals surface area contributed by atoms with Gasteiger partial charge in [0.2, 0.25) is 0 Å². The lowest BCUT2D eigenvalue weighted by atomic mass is 9.83. The molecule has 2 N–H and O–H groups in total. The van der Waals surface area contributed by atoms with Crippen molar-refractivity contribution in [2.45, 2.75) is 10.8 Å². The average Bonchev–Trinajstić information content (AvgIpc) is 3.03. The third kappa shape index (κ3) is 2.37. The van der Waals surface area contributed by atoms with Gasteiger partial charge in [-0.15, -0.1) is 0 Å². The molecule has 2 aromatic rings. The number of nitriles is 2. The standard InChI is InChI=1S/C19H10Cl2N4S/c20-13-6-5-10(7-14(13)21)17-11(8-22)18(24)25-15-3-1-2-4-16(15)26-19(25)12(17)9-23/h1-7,17H,24H2/t17-/m1/s1. The van der Waals surface area contributed by atoms with Gasteiger partial charge in [-0.2, -0.15) is 10.5 Å². The fourth-order valence-electron chi connectivity index (χ4n) is 3.20. The number of nitrogens with two attached hydrogens (primary N) is 1. The molecule has 126 valence electrons. The lowest BCUT2D eigenvalue weighted by Gasteiger charge is -2.31. The van der Waals surface area contributed by atoms with Crippen LogP contribution in [0.2, 0.25) is 10.0 Å². The molecular formula is C19H10Cl2N4S. The Morgan fingerprint density at radius 2 is 1.73 bits per heavy atom. The summed E-state index contributed by atoms with van der Waals surface area (Å²) in [4.78, 5) is 2.77. The Labute approximate surface area is 164 Å². The van der Waals surface area contributed by atoms with E-state index < -0.39 is 5.92 Å². The molecule has 4 rings (SSSR count). The summed E-state index contributed by atoms with van der Waals surface area (Å²) in [7, 11) is 0. The number of nitrogens with zero attached hydrogens (tertiary/aromatic N) is 3. The molecule has 0 amide bonds. The van der Waals surface area contributed by atoms with Crippen LogP contribution in [0.15, 0.2) is 69.4 Å². The van der Waals surface area contributed by atoms with Crippen molar-refractivity contribution in [3.05, 3.63) is 80.1 Å². The van der Waals surface area contributed by atoms with E-state index in [1.165, 1.54) is 11.8 Å². The van der Waals surface area contributed by atoms with Crippen LogP contribution in [-0.4, -0.2) is 0 Å². The molecule has 0 radical (unpaired) electrons. The summed E-state index contributed by atoms with van der Waals surface area (Å²) in [6, 6.07) is 17.3. The second-order valence-electron chi connectivity index (χ2n) is 5.75. The van der Waals surface area contributed by atoms with Crippen molar-refractivity contribution >= 4 is 40.7 Å². The largest absolute Gasteiger partial charge is 0.384 e. The topological polar surface area (TPSA) is 76.8 Å². The molecule has 0 aromatic heterocycles. The highest BCUT2D eigenvalue weighted by Gasteiger charge is 2.40. The van der Waals surface area contributed by atoms with Crippen molar-refractivity contribution in [1.29, 1.82) is 10.5 Å². The van der Waals surface area contributed by atoms with Gasteiger partial charge in [0, 0.05) is 4.90 Å². The predicted octanol–water partition coefficient (Wildman–Crippen LogP) is 5.13. The first-order chi connectivity index (χ1) is 12.6. The Kier molecular flexibility index (Phi) is 4.09. The Hall–Kier alpha value is -2.57. The fraction of sp³-hybridized carbons (Fsp3) is 0.0526. The van der Waals surface area contributed by atoms with Gasteiger partial charge in [-0.1, -0.05) is 53.2 Å². The molecule has 0 saturated heterocycles. The zero-order valence-corrected chi connectivity index (χ0v) is 15.5. The number of thioether (sulfide) groups is 1. The minimum absolute atomic E-state index is 0.320. The van der Waals surface area contributed by atoms with Crippen molar-refractivity contribution in [3.8, 4) is 12.1 Å². The molecule has 7 heteroatoms. The van der Waals surface area contributed by atoms with Gasteiger partial charge in [0.1, 0.15) is 10.9 Å². The minimum atomic E-state index is -0.576. The van der Waals surface area contributed by atoms with Gasteiger partial charge in [-0.05, 0) is 29.8 Å². The molecule has 0 unspecified atom stereocenters. The van der Waals surface area contributed by atoms with Crippen molar-refractivity contribution in [2.75, 3.05) is 4.90 Å². The molecule has 4 nitrogen and oxygen atoms in total. The Morgan fingerprint density at radius 1 is 1.00 bits per heavy atom. The van der Waals surface area contributed by atoms with Crippen LogP contribution in [0.4, 0.5) is 5.69 Å². The second-order valence-corrected chi connectivity index (χ2v) is 7.60. The summed E-state index contributed by atoms with van der Waals surface area (Å²) in [5, 5.41) is 21.2. The summed E-state index contributed by atoms with van der Waals surface area (Å²) in [6.07, 6.45) is 0. The fourth-order valence-corrected chi connectivity index (χ4v) is 4.68. The SMILES string of the molecule is N#CC1=C(N)N2C(=C(C#N)[C@@H]1c1ccc(Cl)c(Cl)c1)Sc1ccccc12. The highest BCUT2D eigenvalue weighted by molar-refractivity contribution is 8.03. The van der Waals surface area contributed by atoms with Gasteiger partial charge in [0.05, 0.1) is 44.9 Å². The van der Waals surface area contributed by atoms with Crippen LogP contribution >= 0.6 is 35.0 Å². The molecule has 0 aliphatic carbocycles. The maximum atomic E-state index is 9.89. The Balaban J connectivity index is 1.97. The summed E-state index contributed by atoms with van der Waals surface area (Å²) in [5.41, 5.74) is 8.74. The third-order valence-electron chi connectivity index (χ3n) is 4.36. The van der Waals surface area contributed by atoms with E-state index in [0.29, 0.717) is 32.6 Å². The van der Waals surface area contributed by atoms with Gasteiger partial charge in [0.25, 0.3) is 0 Å². The van der Waals surface area contributed by atoms with E-state index in [1.54, 1.807) is 23.1 Å². The second kappa shape index (κ2) is 6.30. The van der Waals surface area contributed by atoms with Crippen LogP contribution in [0.5, 0.6) is 0 Å². The Bertz CT molecular complexity index is 1090. The molecule has 0 saturated carbocycles. The van der Waals surface area contributed by atoms with E-state index in [9.17, 15) is 10.5 Å². The predicted molar refractivity (Wildman–Crippen MR) is 103 cm³/mol. The Morgan fingerprint density at radius 3 is 2.42 bits per heavy atom. The number of para-hydroxylation sites is 1. The van der Waals surface area contributed by atoms with Crippen LogP contribution in [0.1, 0.15) is 11.5 Å². The summed E-state index contributed by atoms with van der Waals surface area (Å²) < 4.78 is 0. The van der Waals surface area contributed by atoms with Crippen LogP contribution in [0.25, 0.3) is 0 Å². The van der Waals surface area contributed by atoms with E-state index in [-0.39, 0.29) is 0 Å². The van der Waals surface area contributed by atoms with E-state index in [0.717, 1.165) is 15.6 Å². The first-order valence-corrected chi connectivity index (χ1v) is 9.20. The van der Waals surface area contributed by atoms with Gasteiger partial charge in [0.15, 0.2) is 0 Å². The quantitative estimate of drug-likeness (QED) is 0.722. The molecular weight excluding hydrogens is 387 g/mol. The lowest BCUT2D eigenvalue weighted by Crippen LogP contribution is -2.32. The summed E-state index contributed by atoms with van der Waals surface area (Å²) in [5.74, 6) is -0.247. The smallest absolute Gasteiger partial charge is 0.123 e. The summed E-state index contributed by atoms with van der Waals surface area (Å²) in [6.45, 7) is 0. The molecule has 2 aromatic carbocycles. The van der Waals surface area contributed by atoms with Crippen LogP contribution in [0, 0.1) is 22.7 Å². The van der Waals surface area contributed by atoms with E-state index >= 15 is 0 Å². The number of allylic oxidation sites excluding steroid dienone is 2. The first-order valence-electron chi connectivity index (χ1n) is 7.62. The maximum Gasteiger partial charge on any atom is 0.123 e. The monoisotopic (exact) mass is 396 g/mol. The number of rotatable bonds is 1. The molecule has 0 fully saturated rings. The zero-order chi connectivity index (χ0) is 18.4. The molecule has 1 atom stereocenters. The van der Waals surface area contributed by atoms with E-state index in [2.05, 4.69) is 12.1 Å². The molecule has 2 aliphatic rings. The summed E-state index contributed by atoms with van der Waals surface area (Å²) >= 11 is 13.6. The maximum absolute atomic E-state index is 9.89. The van der Waals surface area contributed by atoms with Gasteiger partial charge < -0.3 is 5.73 Å². The van der Waals surface area contributed by atoms with Crippen LogP contribution < -0.4 is 10.6 Å². The third-order valence-corrected chi connectivity index (χ3v) is 6.26. The average molecular weight is 397 g/mol. The first kappa shape index (κ1) is 16.9. The lowest BCUT2D eigenvalue weighted by molar-refractivity contribution is 0.884. The van der Waals surface area contributed by atoms with Gasteiger partial charge in [-0.25, -0.2) is 0 Å². The van der Waals surface area contributed by atoms with E-state index in [1.807, 2.05) is 24.3 Å². The zero-order valence-electron chi connectivity index (χ0n) is 13.2. The number of hydrogen-bond acceptors (Lipinski definition) is 5. The van der Waals surface area contributed by atoms with Crippen LogP contribution in [0.3, 0.4) is 0 Å². The number of benzene rings is 2. The highest BCUT2D eigenvalue weighted by Crippen LogP contribution is 2.54. The highest BCUT2D eigenvalue weighted by atomic mass is 35.5. The van der Waals surface area contributed by atoms with Crippen molar-refractivity contribution in [2.24, 2.45) is 5.73 Å². The molecule has 0 bridgehead atoms. The van der Waals surface area contributed by atoms with Gasteiger partial charge >= 0.3 is 0 Å². The molecule has 2 aliphatic heterocycles. The van der Waals surface area contributed by atoms with Crippen molar-refractivity contribution < 1.29 is 0 Å². The number of fused-ring (bicyclic) bond motifs is 3. The number of halogens is 2. The molecule has 0 spiro atoms. The molecule has 26 heavy (non-hydrogen) atoms. The van der Waals surface area contributed by atoms with Gasteiger partial charge in [-0.3, -0.25) is 4.90 Å². The normalized spacial score (nSPS) is 18.3. The van der Waals surface area contributed by atoms with Crippen molar-refractivity contribution in [3.63, 3.8) is 0 Å². The number of anilines is 1. The minimum Gasteiger partial charge on any atom is -0.384 e. The number of hydrogen-bond donors (Lipinski definition) is 1. The van der Waals surface area contributed by atoms with Crippen LogP contribution in [-0.2, 0) is 0 Å². The molecule has 2 heterocycles.